The Morgan fingerprint density at radius 1 is 1.53 bits per heavy atom. The Hall–Kier alpha value is -0.770. The first-order valence-electron chi connectivity index (χ1n) is 5.20. The molecule has 86 valence electrons. The van der Waals surface area contributed by atoms with Gasteiger partial charge in [-0.25, -0.2) is 0 Å². The lowest BCUT2D eigenvalue weighted by Gasteiger charge is -2.23. The van der Waals surface area contributed by atoms with Crippen LogP contribution in [0, 0.1) is 0 Å². The minimum absolute atomic E-state index is 0.0407. The van der Waals surface area contributed by atoms with E-state index in [1.807, 2.05) is 0 Å². The van der Waals surface area contributed by atoms with E-state index in [9.17, 15) is 13.6 Å². The zero-order valence-electron chi connectivity index (χ0n) is 8.68. The van der Waals surface area contributed by atoms with E-state index in [1.54, 1.807) is 6.08 Å². The van der Waals surface area contributed by atoms with Crippen molar-refractivity contribution in [1.29, 1.82) is 0 Å². The third-order valence-corrected chi connectivity index (χ3v) is 2.57. The van der Waals surface area contributed by atoms with Gasteiger partial charge in [0.1, 0.15) is 0 Å². The highest BCUT2D eigenvalue weighted by atomic mass is 19.3. The largest absolute Gasteiger partial charge is 0.374 e. The monoisotopic (exact) mass is 218 g/mol. The van der Waals surface area contributed by atoms with Crippen LogP contribution in [0.5, 0.6) is 0 Å². The molecule has 1 rings (SSSR count). The molecule has 2 nitrogen and oxygen atoms in total. The highest BCUT2D eigenvalue weighted by molar-refractivity contribution is 5.85. The molecule has 0 spiro atoms. The fourth-order valence-corrected chi connectivity index (χ4v) is 1.67. The molecule has 0 amide bonds. The lowest BCUT2D eigenvalue weighted by Crippen LogP contribution is -2.32. The predicted octanol–water partition coefficient (Wildman–Crippen LogP) is 2.73. The smallest absolute Gasteiger partial charge is 0.305 e. The van der Waals surface area contributed by atoms with E-state index in [0.717, 1.165) is 0 Å². The van der Waals surface area contributed by atoms with E-state index in [1.165, 1.54) is 0 Å². The first-order chi connectivity index (χ1) is 7.06. The average Bonchev–Trinajstić information content (AvgIpc) is 2.19. The molecule has 0 heterocycles. The van der Waals surface area contributed by atoms with Crippen molar-refractivity contribution in [2.24, 2.45) is 0 Å². The number of hydrogen-bond donors (Lipinski definition) is 0. The Labute approximate surface area is 88.3 Å². The van der Waals surface area contributed by atoms with Gasteiger partial charge in [0.2, 0.25) is 5.78 Å². The third-order valence-electron chi connectivity index (χ3n) is 2.57. The summed E-state index contributed by atoms with van der Waals surface area (Å²) in [5.41, 5.74) is 0. The number of rotatable bonds is 3. The molecule has 0 bridgehead atoms. The summed E-state index contributed by atoms with van der Waals surface area (Å²) in [6.07, 6.45) is 2.40. The molecule has 1 unspecified atom stereocenters. The van der Waals surface area contributed by atoms with E-state index in [4.69, 9.17) is 4.74 Å². The van der Waals surface area contributed by atoms with Crippen molar-refractivity contribution < 1.29 is 18.3 Å². The number of ether oxygens (including phenoxy) is 1. The standard InChI is InChI=1S/C11H16F2O2/c1-2-8-15-9-4-3-5-10(14)11(12,13)7-6-9/h2,9H,1,3-8H2. The van der Waals surface area contributed by atoms with Crippen molar-refractivity contribution in [2.75, 3.05) is 6.61 Å². The predicted molar refractivity (Wildman–Crippen MR) is 53.0 cm³/mol. The number of hydrogen-bond acceptors (Lipinski definition) is 2. The Kier molecular flexibility index (Phi) is 4.39. The summed E-state index contributed by atoms with van der Waals surface area (Å²) in [5, 5.41) is 0. The lowest BCUT2D eigenvalue weighted by molar-refractivity contribution is -0.146. The molecular weight excluding hydrogens is 202 g/mol. The van der Waals surface area contributed by atoms with Crippen LogP contribution < -0.4 is 0 Å². The van der Waals surface area contributed by atoms with E-state index in [2.05, 4.69) is 6.58 Å². The number of halogens is 2. The zero-order chi connectivity index (χ0) is 11.3. The van der Waals surface area contributed by atoms with Crippen LogP contribution in [0.25, 0.3) is 0 Å². The molecule has 0 aliphatic heterocycles. The maximum atomic E-state index is 13.1. The second-order valence-corrected chi connectivity index (χ2v) is 3.80. The maximum absolute atomic E-state index is 13.1. The molecule has 0 aromatic heterocycles. The van der Waals surface area contributed by atoms with Crippen LogP contribution in [-0.2, 0) is 9.53 Å². The fourth-order valence-electron chi connectivity index (χ4n) is 1.67. The first-order valence-corrected chi connectivity index (χ1v) is 5.20. The molecular formula is C11H16F2O2. The van der Waals surface area contributed by atoms with Crippen LogP contribution in [-0.4, -0.2) is 24.4 Å². The van der Waals surface area contributed by atoms with Gasteiger partial charge in [-0.3, -0.25) is 4.79 Å². The normalized spacial score (nSPS) is 26.8. The van der Waals surface area contributed by atoms with Gasteiger partial charge in [0.15, 0.2) is 0 Å². The molecule has 0 aromatic rings. The van der Waals surface area contributed by atoms with Crippen molar-refractivity contribution in [3.63, 3.8) is 0 Å². The summed E-state index contributed by atoms with van der Waals surface area (Å²) in [5.74, 6) is -4.08. The zero-order valence-corrected chi connectivity index (χ0v) is 8.68. The molecule has 0 radical (unpaired) electrons. The van der Waals surface area contributed by atoms with Gasteiger partial charge in [-0.05, 0) is 19.3 Å². The van der Waals surface area contributed by atoms with Crippen LogP contribution in [0.3, 0.4) is 0 Å². The molecule has 0 saturated heterocycles. The summed E-state index contributed by atoms with van der Waals surface area (Å²) >= 11 is 0. The fraction of sp³-hybridized carbons (Fsp3) is 0.727. The highest BCUT2D eigenvalue weighted by Gasteiger charge is 2.39. The number of carbonyl (C=O) groups excluding carboxylic acids is 1. The first kappa shape index (κ1) is 12.3. The summed E-state index contributed by atoms with van der Waals surface area (Å²) in [4.78, 5) is 11.0. The number of Topliss-reactive ketones (excluding diaryl/α,β-unsaturated/α-hetero) is 1. The SMILES string of the molecule is C=CCOC1CCCC(=O)C(F)(F)CC1. The van der Waals surface area contributed by atoms with Gasteiger partial charge in [0, 0.05) is 12.8 Å². The highest BCUT2D eigenvalue weighted by Crippen LogP contribution is 2.29. The third kappa shape index (κ3) is 3.70. The molecule has 1 fully saturated rings. The average molecular weight is 218 g/mol. The van der Waals surface area contributed by atoms with E-state index in [0.29, 0.717) is 19.4 Å². The van der Waals surface area contributed by atoms with Gasteiger partial charge in [0.25, 0.3) is 0 Å². The van der Waals surface area contributed by atoms with E-state index in [-0.39, 0.29) is 18.9 Å². The van der Waals surface area contributed by atoms with Crippen molar-refractivity contribution in [1.82, 2.24) is 0 Å². The van der Waals surface area contributed by atoms with Crippen LogP contribution in [0.2, 0.25) is 0 Å². The summed E-state index contributed by atoms with van der Waals surface area (Å²) < 4.78 is 31.6. The molecule has 4 heteroatoms. The van der Waals surface area contributed by atoms with Crippen molar-refractivity contribution in [3.05, 3.63) is 12.7 Å². The minimum Gasteiger partial charge on any atom is -0.374 e. The second kappa shape index (κ2) is 5.35. The van der Waals surface area contributed by atoms with Crippen LogP contribution in [0.4, 0.5) is 8.78 Å². The summed E-state index contributed by atoms with van der Waals surface area (Å²) in [6.45, 7) is 3.88. The van der Waals surface area contributed by atoms with E-state index < -0.39 is 18.1 Å². The Morgan fingerprint density at radius 3 is 2.93 bits per heavy atom. The van der Waals surface area contributed by atoms with Crippen molar-refractivity contribution in [2.45, 2.75) is 44.1 Å². The molecule has 0 N–H and O–H groups in total. The lowest BCUT2D eigenvalue weighted by atomic mass is 9.95. The maximum Gasteiger partial charge on any atom is 0.305 e. The molecule has 15 heavy (non-hydrogen) atoms. The molecule has 1 aliphatic rings. The van der Waals surface area contributed by atoms with Crippen molar-refractivity contribution in [3.8, 4) is 0 Å². The van der Waals surface area contributed by atoms with Gasteiger partial charge in [-0.1, -0.05) is 6.08 Å². The molecule has 1 atom stereocenters. The van der Waals surface area contributed by atoms with Gasteiger partial charge >= 0.3 is 5.92 Å². The van der Waals surface area contributed by atoms with Crippen LogP contribution >= 0.6 is 0 Å². The van der Waals surface area contributed by atoms with E-state index >= 15 is 0 Å². The topological polar surface area (TPSA) is 26.3 Å². The summed E-state index contributed by atoms with van der Waals surface area (Å²) in [6, 6.07) is 0. The van der Waals surface area contributed by atoms with Crippen LogP contribution in [0.1, 0.15) is 32.1 Å². The van der Waals surface area contributed by atoms with Gasteiger partial charge in [-0.2, -0.15) is 8.78 Å². The van der Waals surface area contributed by atoms with Gasteiger partial charge in [0.05, 0.1) is 12.7 Å². The Morgan fingerprint density at radius 2 is 2.27 bits per heavy atom. The minimum atomic E-state index is -3.16. The molecule has 1 aliphatic carbocycles. The second-order valence-electron chi connectivity index (χ2n) is 3.80. The quantitative estimate of drug-likeness (QED) is 0.681. The number of carbonyl (C=O) groups is 1. The Balaban J connectivity index is 2.48. The molecule has 0 aromatic carbocycles. The van der Waals surface area contributed by atoms with Gasteiger partial charge in [-0.15, -0.1) is 6.58 Å². The number of alkyl halides is 2. The number of ketones is 1. The van der Waals surface area contributed by atoms with Crippen molar-refractivity contribution >= 4 is 5.78 Å². The summed E-state index contributed by atoms with van der Waals surface area (Å²) in [7, 11) is 0. The Bertz CT molecular complexity index is 239. The van der Waals surface area contributed by atoms with Crippen LogP contribution in [0.15, 0.2) is 12.7 Å². The van der Waals surface area contributed by atoms with Gasteiger partial charge < -0.3 is 4.74 Å². The molecule has 1 saturated carbocycles.